The van der Waals surface area contributed by atoms with E-state index in [2.05, 4.69) is 33.6 Å². The summed E-state index contributed by atoms with van der Waals surface area (Å²) < 4.78 is 2.19. The first-order valence-electron chi connectivity index (χ1n) is 7.82. The third-order valence-corrected chi connectivity index (χ3v) is 4.01. The smallest absolute Gasteiger partial charge is 0.224 e. The van der Waals surface area contributed by atoms with Crippen LogP contribution < -0.4 is 11.1 Å². The third kappa shape index (κ3) is 4.28. The maximum atomic E-state index is 12.1. The first-order chi connectivity index (χ1) is 10.1. The molecular formula is C15H27N5O. The van der Waals surface area contributed by atoms with Crippen LogP contribution in [0.3, 0.4) is 0 Å². The summed E-state index contributed by atoms with van der Waals surface area (Å²) in [6.45, 7) is 8.10. The highest BCUT2D eigenvalue weighted by Gasteiger charge is 2.26. The first-order valence-corrected chi connectivity index (χ1v) is 7.82. The third-order valence-electron chi connectivity index (χ3n) is 4.01. The van der Waals surface area contributed by atoms with Gasteiger partial charge in [-0.2, -0.15) is 0 Å². The summed E-state index contributed by atoms with van der Waals surface area (Å²) in [6.07, 6.45) is 5.85. The molecule has 6 heteroatoms. The molecule has 0 bridgehead atoms. The van der Waals surface area contributed by atoms with Crippen LogP contribution in [-0.2, 0) is 11.3 Å². The molecular weight excluding hydrogens is 266 g/mol. The zero-order valence-corrected chi connectivity index (χ0v) is 13.1. The standard InChI is InChI=1S/C15H27N5O/c1-12(2)20-11-17-8-14(20)10-19-7-3-4-13(9-19)15(21)18-6-5-16/h8,11-13H,3-7,9-10,16H2,1-2H3,(H,18,21). The van der Waals surface area contributed by atoms with Crippen LogP contribution in [0.5, 0.6) is 0 Å². The van der Waals surface area contributed by atoms with Crippen molar-refractivity contribution in [3.63, 3.8) is 0 Å². The SMILES string of the molecule is CC(C)n1cncc1CN1CCCC(C(=O)NCCN)C1. The number of carbonyl (C=O) groups excluding carboxylic acids is 1. The number of carbonyl (C=O) groups is 1. The van der Waals surface area contributed by atoms with Crippen molar-refractivity contribution < 1.29 is 4.79 Å². The van der Waals surface area contributed by atoms with Crippen molar-refractivity contribution >= 4 is 5.91 Å². The molecule has 2 heterocycles. The molecule has 2 rings (SSSR count). The number of nitrogens with zero attached hydrogens (tertiary/aromatic N) is 3. The van der Waals surface area contributed by atoms with E-state index in [4.69, 9.17) is 5.73 Å². The van der Waals surface area contributed by atoms with Crippen LogP contribution in [0.2, 0.25) is 0 Å². The Kier molecular flexibility index (Phi) is 5.76. The molecule has 1 saturated heterocycles. The summed E-state index contributed by atoms with van der Waals surface area (Å²) in [6, 6.07) is 0.413. The van der Waals surface area contributed by atoms with E-state index in [0.717, 1.165) is 32.5 Å². The van der Waals surface area contributed by atoms with Gasteiger partial charge in [-0.3, -0.25) is 9.69 Å². The van der Waals surface area contributed by atoms with Crippen molar-refractivity contribution in [2.75, 3.05) is 26.2 Å². The number of nitrogens with one attached hydrogen (secondary N) is 1. The van der Waals surface area contributed by atoms with E-state index in [1.807, 2.05) is 12.5 Å². The Balaban J connectivity index is 1.92. The van der Waals surface area contributed by atoms with Crippen LogP contribution in [0.15, 0.2) is 12.5 Å². The lowest BCUT2D eigenvalue weighted by Gasteiger charge is -2.32. The Morgan fingerprint density at radius 1 is 1.57 bits per heavy atom. The zero-order chi connectivity index (χ0) is 15.2. The summed E-state index contributed by atoms with van der Waals surface area (Å²) in [5.41, 5.74) is 6.65. The van der Waals surface area contributed by atoms with Crippen molar-refractivity contribution in [1.82, 2.24) is 19.8 Å². The maximum Gasteiger partial charge on any atom is 0.224 e. The van der Waals surface area contributed by atoms with Gasteiger partial charge in [-0.25, -0.2) is 4.98 Å². The molecule has 1 aromatic heterocycles. The van der Waals surface area contributed by atoms with Crippen molar-refractivity contribution in [3.8, 4) is 0 Å². The van der Waals surface area contributed by atoms with Gasteiger partial charge in [0.1, 0.15) is 0 Å². The molecule has 118 valence electrons. The monoisotopic (exact) mass is 293 g/mol. The zero-order valence-electron chi connectivity index (χ0n) is 13.1. The van der Waals surface area contributed by atoms with Crippen LogP contribution in [0.4, 0.5) is 0 Å². The molecule has 0 saturated carbocycles. The normalized spacial score (nSPS) is 19.9. The van der Waals surface area contributed by atoms with Crippen molar-refractivity contribution in [2.45, 2.75) is 39.3 Å². The highest BCUT2D eigenvalue weighted by Crippen LogP contribution is 2.19. The van der Waals surface area contributed by atoms with E-state index in [-0.39, 0.29) is 11.8 Å². The lowest BCUT2D eigenvalue weighted by Crippen LogP contribution is -2.43. The molecule has 1 aliphatic heterocycles. The highest BCUT2D eigenvalue weighted by atomic mass is 16.1. The van der Waals surface area contributed by atoms with Crippen molar-refractivity contribution in [3.05, 3.63) is 18.2 Å². The van der Waals surface area contributed by atoms with Gasteiger partial charge in [0.05, 0.1) is 17.9 Å². The van der Waals surface area contributed by atoms with E-state index < -0.39 is 0 Å². The minimum Gasteiger partial charge on any atom is -0.355 e. The van der Waals surface area contributed by atoms with E-state index in [1.54, 1.807) is 0 Å². The fourth-order valence-electron chi connectivity index (χ4n) is 2.90. The van der Waals surface area contributed by atoms with E-state index in [0.29, 0.717) is 19.1 Å². The predicted molar refractivity (Wildman–Crippen MR) is 82.7 cm³/mol. The van der Waals surface area contributed by atoms with Gasteiger partial charge in [0, 0.05) is 38.4 Å². The molecule has 1 unspecified atom stereocenters. The van der Waals surface area contributed by atoms with Crippen molar-refractivity contribution in [1.29, 1.82) is 0 Å². The lowest BCUT2D eigenvalue weighted by molar-refractivity contribution is -0.126. The molecule has 0 aromatic carbocycles. The van der Waals surface area contributed by atoms with E-state index in [1.165, 1.54) is 5.69 Å². The van der Waals surface area contributed by atoms with Crippen LogP contribution in [0, 0.1) is 5.92 Å². The van der Waals surface area contributed by atoms with Crippen LogP contribution in [0.25, 0.3) is 0 Å². The Morgan fingerprint density at radius 3 is 3.10 bits per heavy atom. The molecule has 1 amide bonds. The van der Waals surface area contributed by atoms with Gasteiger partial charge in [0.15, 0.2) is 0 Å². The minimum atomic E-state index is 0.0840. The van der Waals surface area contributed by atoms with E-state index >= 15 is 0 Å². The van der Waals surface area contributed by atoms with Gasteiger partial charge in [0.25, 0.3) is 0 Å². The van der Waals surface area contributed by atoms with Crippen LogP contribution >= 0.6 is 0 Å². The Morgan fingerprint density at radius 2 is 2.38 bits per heavy atom. The highest BCUT2D eigenvalue weighted by molar-refractivity contribution is 5.78. The largest absolute Gasteiger partial charge is 0.355 e. The number of amides is 1. The molecule has 3 N–H and O–H groups in total. The molecule has 1 fully saturated rings. The second-order valence-corrected chi connectivity index (χ2v) is 6.04. The summed E-state index contributed by atoms with van der Waals surface area (Å²) in [5, 5.41) is 2.90. The van der Waals surface area contributed by atoms with Gasteiger partial charge in [-0.1, -0.05) is 0 Å². The second-order valence-electron chi connectivity index (χ2n) is 6.04. The van der Waals surface area contributed by atoms with Gasteiger partial charge in [-0.05, 0) is 33.2 Å². The molecule has 1 aromatic rings. The topological polar surface area (TPSA) is 76.2 Å². The van der Waals surface area contributed by atoms with Gasteiger partial charge in [-0.15, -0.1) is 0 Å². The molecule has 21 heavy (non-hydrogen) atoms. The quantitative estimate of drug-likeness (QED) is 0.811. The van der Waals surface area contributed by atoms with Gasteiger partial charge in [0.2, 0.25) is 5.91 Å². The Bertz CT molecular complexity index is 457. The fourth-order valence-corrected chi connectivity index (χ4v) is 2.90. The fraction of sp³-hybridized carbons (Fsp3) is 0.733. The maximum absolute atomic E-state index is 12.1. The predicted octanol–water partition coefficient (Wildman–Crippen LogP) is 0.751. The number of hydrogen-bond acceptors (Lipinski definition) is 4. The average molecular weight is 293 g/mol. The summed E-state index contributed by atoms with van der Waals surface area (Å²) in [4.78, 5) is 18.7. The lowest BCUT2D eigenvalue weighted by atomic mass is 9.97. The summed E-state index contributed by atoms with van der Waals surface area (Å²) in [5.74, 6) is 0.225. The average Bonchev–Trinajstić information content (AvgIpc) is 2.93. The van der Waals surface area contributed by atoms with Gasteiger partial charge < -0.3 is 15.6 Å². The van der Waals surface area contributed by atoms with Crippen molar-refractivity contribution in [2.24, 2.45) is 11.7 Å². The number of hydrogen-bond donors (Lipinski definition) is 2. The number of imidazole rings is 1. The number of aromatic nitrogens is 2. The Hall–Kier alpha value is -1.40. The molecule has 6 nitrogen and oxygen atoms in total. The van der Waals surface area contributed by atoms with Crippen LogP contribution in [0.1, 0.15) is 38.4 Å². The van der Waals surface area contributed by atoms with Gasteiger partial charge >= 0.3 is 0 Å². The number of nitrogens with two attached hydrogens (primary N) is 1. The number of likely N-dealkylation sites (tertiary alicyclic amines) is 1. The molecule has 1 aliphatic rings. The first kappa shape index (κ1) is 16.0. The molecule has 0 radical (unpaired) electrons. The second kappa shape index (κ2) is 7.56. The Labute approximate surface area is 126 Å². The van der Waals surface area contributed by atoms with E-state index in [9.17, 15) is 4.79 Å². The number of piperidine rings is 1. The molecule has 0 spiro atoms. The summed E-state index contributed by atoms with van der Waals surface area (Å²) >= 11 is 0. The number of rotatable bonds is 6. The van der Waals surface area contributed by atoms with Crippen LogP contribution in [-0.4, -0.2) is 46.5 Å². The molecule has 1 atom stereocenters. The minimum absolute atomic E-state index is 0.0840. The summed E-state index contributed by atoms with van der Waals surface area (Å²) in [7, 11) is 0. The molecule has 0 aliphatic carbocycles.